The number of hydrogen-bond donors (Lipinski definition) is 3. The Kier molecular flexibility index (Phi) is 7.44. The second kappa shape index (κ2) is 9.56. The van der Waals surface area contributed by atoms with Crippen LogP contribution >= 0.6 is 0 Å². The van der Waals surface area contributed by atoms with Crippen molar-refractivity contribution in [1.82, 2.24) is 5.32 Å². The van der Waals surface area contributed by atoms with Crippen LogP contribution < -0.4 is 16.4 Å². The third-order valence-corrected chi connectivity index (χ3v) is 5.13. The van der Waals surface area contributed by atoms with Gasteiger partial charge in [-0.2, -0.15) is 0 Å². The van der Waals surface area contributed by atoms with Crippen LogP contribution in [-0.4, -0.2) is 24.9 Å². The van der Waals surface area contributed by atoms with Gasteiger partial charge in [-0.25, -0.2) is 0 Å². The van der Waals surface area contributed by atoms with Crippen LogP contribution in [0.2, 0.25) is 0 Å². The fourth-order valence-electron chi connectivity index (χ4n) is 3.71. The van der Waals surface area contributed by atoms with E-state index in [2.05, 4.69) is 43.4 Å². The second-order valence-corrected chi connectivity index (χ2v) is 7.45. The van der Waals surface area contributed by atoms with Crippen molar-refractivity contribution in [3.05, 3.63) is 35.4 Å². The molecule has 1 saturated carbocycles. The lowest BCUT2D eigenvalue weighted by atomic mass is 9.83. The lowest BCUT2D eigenvalue weighted by molar-refractivity contribution is -0.692. The molecule has 138 valence electrons. The van der Waals surface area contributed by atoms with Crippen molar-refractivity contribution < 1.29 is 14.9 Å². The molecule has 2 rings (SSSR count). The first kappa shape index (κ1) is 19.4. The van der Waals surface area contributed by atoms with E-state index in [1.54, 1.807) is 0 Å². The van der Waals surface area contributed by atoms with E-state index < -0.39 is 5.91 Å². The largest absolute Gasteiger partial charge is 0.368 e. The van der Waals surface area contributed by atoms with E-state index in [-0.39, 0.29) is 18.5 Å². The van der Waals surface area contributed by atoms with Crippen LogP contribution in [0.1, 0.15) is 69.0 Å². The Labute approximate surface area is 150 Å². The number of primary amides is 1. The van der Waals surface area contributed by atoms with Crippen LogP contribution in [0, 0.1) is 5.92 Å². The third kappa shape index (κ3) is 6.16. The number of amides is 2. The molecule has 25 heavy (non-hydrogen) atoms. The number of carbonyl (C=O) groups excluding carboxylic acids is 2. The van der Waals surface area contributed by atoms with E-state index in [4.69, 9.17) is 5.73 Å². The maximum absolute atomic E-state index is 11.8. The molecule has 1 aliphatic rings. The molecule has 5 heteroatoms. The summed E-state index contributed by atoms with van der Waals surface area (Å²) in [6, 6.07) is 9.18. The summed E-state index contributed by atoms with van der Waals surface area (Å²) in [4.78, 5) is 22.5. The Morgan fingerprint density at radius 1 is 1.16 bits per heavy atom. The van der Waals surface area contributed by atoms with Crippen molar-refractivity contribution in [1.29, 1.82) is 0 Å². The number of nitrogens with one attached hydrogen (secondary N) is 1. The lowest BCUT2D eigenvalue weighted by Gasteiger charge is -2.23. The second-order valence-electron chi connectivity index (χ2n) is 7.45. The highest BCUT2D eigenvalue weighted by Crippen LogP contribution is 2.33. The topological polar surface area (TPSA) is 88.8 Å². The summed E-state index contributed by atoms with van der Waals surface area (Å²) in [6.07, 6.45) is 6.67. The molecule has 0 radical (unpaired) electrons. The Hall–Kier alpha value is -1.88. The summed E-state index contributed by atoms with van der Waals surface area (Å²) in [5, 5.41) is 4.57. The molecule has 0 heterocycles. The normalized spacial score (nSPS) is 16.6. The van der Waals surface area contributed by atoms with Crippen molar-refractivity contribution in [3.8, 4) is 0 Å². The molecule has 1 aromatic carbocycles. The summed E-state index contributed by atoms with van der Waals surface area (Å²) in [5.74, 6) is 0.434. The number of hydrogen-bond acceptors (Lipinski definition) is 2. The van der Waals surface area contributed by atoms with Crippen molar-refractivity contribution in [3.63, 3.8) is 0 Å². The zero-order chi connectivity index (χ0) is 18.2. The van der Waals surface area contributed by atoms with E-state index in [9.17, 15) is 9.59 Å². The molecular formula is C20H32N3O2+. The Bertz CT molecular complexity index is 563. The SMILES string of the molecule is CC(C)[C@@H]([NH2+]CC(=O)NCC(N)=O)c1ccc(C2CCCCC2)cc1. The maximum atomic E-state index is 11.8. The van der Waals surface area contributed by atoms with Crippen molar-refractivity contribution in [2.24, 2.45) is 11.7 Å². The van der Waals surface area contributed by atoms with Crippen molar-refractivity contribution in [2.45, 2.75) is 57.9 Å². The van der Waals surface area contributed by atoms with E-state index in [1.807, 2.05) is 5.32 Å². The first-order valence-corrected chi connectivity index (χ1v) is 9.45. The van der Waals surface area contributed by atoms with Gasteiger partial charge in [0.05, 0.1) is 6.54 Å². The molecular weight excluding hydrogens is 314 g/mol. The molecule has 1 aliphatic carbocycles. The highest BCUT2D eigenvalue weighted by Gasteiger charge is 2.21. The predicted octanol–water partition coefficient (Wildman–Crippen LogP) is 1.60. The van der Waals surface area contributed by atoms with Crippen molar-refractivity contribution in [2.75, 3.05) is 13.1 Å². The van der Waals surface area contributed by atoms with Crippen LogP contribution in [0.5, 0.6) is 0 Å². The fraction of sp³-hybridized carbons (Fsp3) is 0.600. The van der Waals surface area contributed by atoms with Gasteiger partial charge in [0.25, 0.3) is 5.91 Å². The Morgan fingerprint density at radius 2 is 1.80 bits per heavy atom. The van der Waals surface area contributed by atoms with Gasteiger partial charge in [-0.3, -0.25) is 9.59 Å². The van der Waals surface area contributed by atoms with Gasteiger partial charge in [-0.05, 0) is 24.3 Å². The van der Waals surface area contributed by atoms with Gasteiger partial charge in [-0.15, -0.1) is 0 Å². The highest BCUT2D eigenvalue weighted by molar-refractivity contribution is 5.83. The van der Waals surface area contributed by atoms with Gasteiger partial charge in [0, 0.05) is 11.5 Å². The van der Waals surface area contributed by atoms with Gasteiger partial charge in [-0.1, -0.05) is 57.4 Å². The first-order chi connectivity index (χ1) is 12.0. The summed E-state index contributed by atoms with van der Waals surface area (Å²) in [7, 11) is 0. The quantitative estimate of drug-likeness (QED) is 0.667. The average Bonchev–Trinajstić information content (AvgIpc) is 2.61. The average molecular weight is 346 g/mol. The minimum absolute atomic E-state index is 0.102. The predicted molar refractivity (Wildman–Crippen MR) is 98.8 cm³/mol. The molecule has 0 bridgehead atoms. The van der Waals surface area contributed by atoms with Gasteiger partial charge < -0.3 is 16.4 Å². The summed E-state index contributed by atoms with van der Waals surface area (Å²) >= 11 is 0. The van der Waals surface area contributed by atoms with Crippen molar-refractivity contribution >= 4 is 11.8 Å². The number of quaternary nitrogens is 1. The van der Waals surface area contributed by atoms with E-state index in [0.717, 1.165) is 0 Å². The molecule has 2 amide bonds. The molecule has 0 unspecified atom stereocenters. The summed E-state index contributed by atoms with van der Waals surface area (Å²) in [6.45, 7) is 4.52. The zero-order valence-electron chi connectivity index (χ0n) is 15.5. The minimum atomic E-state index is -0.521. The third-order valence-electron chi connectivity index (χ3n) is 5.13. The van der Waals surface area contributed by atoms with Crippen LogP contribution in [0.15, 0.2) is 24.3 Å². The van der Waals surface area contributed by atoms with Crippen LogP contribution in [0.25, 0.3) is 0 Å². The van der Waals surface area contributed by atoms with Gasteiger partial charge in [0.2, 0.25) is 5.91 Å². The molecule has 5 N–H and O–H groups in total. The summed E-state index contributed by atoms with van der Waals surface area (Å²) in [5.41, 5.74) is 7.74. The van der Waals surface area contributed by atoms with Gasteiger partial charge >= 0.3 is 0 Å². The molecule has 1 fully saturated rings. The van der Waals surface area contributed by atoms with Gasteiger partial charge in [0.1, 0.15) is 6.04 Å². The highest BCUT2D eigenvalue weighted by atomic mass is 16.2. The number of nitrogens with two attached hydrogens (primary N) is 2. The molecule has 0 saturated heterocycles. The minimum Gasteiger partial charge on any atom is -0.368 e. The monoisotopic (exact) mass is 346 g/mol. The number of carbonyl (C=O) groups is 2. The van der Waals surface area contributed by atoms with E-state index >= 15 is 0 Å². The van der Waals surface area contributed by atoms with Gasteiger partial charge in [0.15, 0.2) is 6.54 Å². The smallest absolute Gasteiger partial charge is 0.275 e. The number of benzene rings is 1. The number of rotatable bonds is 8. The molecule has 1 aromatic rings. The fourth-order valence-corrected chi connectivity index (χ4v) is 3.71. The van der Waals surface area contributed by atoms with E-state index in [0.29, 0.717) is 18.4 Å². The zero-order valence-corrected chi connectivity index (χ0v) is 15.5. The first-order valence-electron chi connectivity index (χ1n) is 9.45. The Balaban J connectivity index is 1.94. The van der Waals surface area contributed by atoms with Crippen LogP contribution in [0.3, 0.4) is 0 Å². The maximum Gasteiger partial charge on any atom is 0.275 e. The Morgan fingerprint density at radius 3 is 2.36 bits per heavy atom. The molecule has 5 nitrogen and oxygen atoms in total. The standard InChI is InChI=1S/C20H31N3O2/c1-14(2)20(23-13-19(25)22-12-18(21)24)17-10-8-16(9-11-17)15-6-4-3-5-7-15/h8-11,14-15,20,23H,3-7,12-13H2,1-2H3,(H2,21,24)(H,22,25)/p+1/t20-/m1/s1. The summed E-state index contributed by atoms with van der Waals surface area (Å²) < 4.78 is 0. The molecule has 0 spiro atoms. The molecule has 0 aliphatic heterocycles. The lowest BCUT2D eigenvalue weighted by Crippen LogP contribution is -2.88. The molecule has 1 atom stereocenters. The van der Waals surface area contributed by atoms with Crippen LogP contribution in [-0.2, 0) is 9.59 Å². The van der Waals surface area contributed by atoms with E-state index in [1.165, 1.54) is 43.2 Å². The molecule has 0 aromatic heterocycles. The van der Waals surface area contributed by atoms with Crippen LogP contribution in [0.4, 0.5) is 0 Å².